The van der Waals surface area contributed by atoms with Gasteiger partial charge in [0.2, 0.25) is 0 Å². The highest BCUT2D eigenvalue weighted by molar-refractivity contribution is 6.31. The minimum absolute atomic E-state index is 0.0987. The summed E-state index contributed by atoms with van der Waals surface area (Å²) in [6.07, 6.45) is 2.31. The summed E-state index contributed by atoms with van der Waals surface area (Å²) in [5.74, 6) is -0.0852. The average Bonchev–Trinajstić information content (AvgIpc) is 2.60. The number of hydrogen-bond acceptors (Lipinski definition) is 5. The minimum Gasteiger partial charge on any atom is -0.466 e. The topological polar surface area (TPSA) is 66.2 Å². The molecule has 0 saturated carbocycles. The fourth-order valence-electron chi connectivity index (χ4n) is 3.52. The van der Waals surface area contributed by atoms with Gasteiger partial charge < -0.3 is 9.64 Å². The number of anilines is 1. The van der Waals surface area contributed by atoms with Crippen molar-refractivity contribution in [3.8, 4) is 6.07 Å². The highest BCUT2D eigenvalue weighted by atomic mass is 35.5. The van der Waals surface area contributed by atoms with Crippen LogP contribution in [0.4, 0.5) is 5.69 Å². The van der Waals surface area contributed by atoms with Gasteiger partial charge in [0, 0.05) is 29.7 Å². The van der Waals surface area contributed by atoms with Gasteiger partial charge >= 0.3 is 5.97 Å². The van der Waals surface area contributed by atoms with Gasteiger partial charge in [-0.25, -0.2) is 0 Å². The number of benzene rings is 1. The number of nitrogens with zero attached hydrogens (tertiary/aromatic N) is 3. The maximum atomic E-state index is 12.1. The Bertz CT molecular complexity index is 846. The van der Waals surface area contributed by atoms with Crippen molar-refractivity contribution >= 4 is 34.2 Å². The standard InChI is InChI=1S/C19H20ClN3O2/c1-3-25-19(24)15-6-7-23(11-12(15)2)18-13(9-21)10-22-17-5-4-14(20)8-16(17)18/h4-5,8,10,12,15H,3,6-7,11H2,1-2H3/t12-,15+/m1/s1. The number of esters is 1. The van der Waals surface area contributed by atoms with Gasteiger partial charge in [-0.3, -0.25) is 9.78 Å². The van der Waals surface area contributed by atoms with Crippen LogP contribution in [0, 0.1) is 23.2 Å². The van der Waals surface area contributed by atoms with Gasteiger partial charge in [-0.15, -0.1) is 0 Å². The van der Waals surface area contributed by atoms with E-state index in [4.69, 9.17) is 16.3 Å². The Morgan fingerprint density at radius 2 is 2.32 bits per heavy atom. The van der Waals surface area contributed by atoms with Crippen LogP contribution in [0.5, 0.6) is 0 Å². The van der Waals surface area contributed by atoms with E-state index < -0.39 is 0 Å². The molecule has 0 spiro atoms. The van der Waals surface area contributed by atoms with E-state index in [0.29, 0.717) is 36.7 Å². The molecule has 1 aromatic carbocycles. The van der Waals surface area contributed by atoms with Crippen LogP contribution in [-0.2, 0) is 9.53 Å². The average molecular weight is 358 g/mol. The molecule has 3 rings (SSSR count). The monoisotopic (exact) mass is 357 g/mol. The Balaban J connectivity index is 1.96. The molecule has 0 radical (unpaired) electrons. The lowest BCUT2D eigenvalue weighted by Crippen LogP contribution is -2.43. The predicted octanol–water partition coefficient (Wildman–Crippen LogP) is 3.79. The number of carbonyl (C=O) groups is 1. The Morgan fingerprint density at radius 3 is 3.00 bits per heavy atom. The number of carbonyl (C=O) groups excluding carboxylic acids is 1. The molecule has 6 heteroatoms. The molecular weight excluding hydrogens is 338 g/mol. The molecule has 1 aliphatic heterocycles. The van der Waals surface area contributed by atoms with Gasteiger partial charge in [-0.1, -0.05) is 18.5 Å². The van der Waals surface area contributed by atoms with Crippen LogP contribution in [0.3, 0.4) is 0 Å². The number of hydrogen-bond donors (Lipinski definition) is 0. The number of halogens is 1. The van der Waals surface area contributed by atoms with Crippen LogP contribution >= 0.6 is 11.6 Å². The van der Waals surface area contributed by atoms with E-state index in [2.05, 4.69) is 22.9 Å². The second kappa shape index (κ2) is 7.28. The summed E-state index contributed by atoms with van der Waals surface area (Å²) >= 11 is 6.16. The summed E-state index contributed by atoms with van der Waals surface area (Å²) in [5.41, 5.74) is 2.18. The fraction of sp³-hybridized carbons (Fsp3) is 0.421. The summed E-state index contributed by atoms with van der Waals surface area (Å²) in [7, 11) is 0. The zero-order valence-electron chi connectivity index (χ0n) is 14.3. The predicted molar refractivity (Wildman–Crippen MR) is 97.6 cm³/mol. The van der Waals surface area contributed by atoms with Crippen molar-refractivity contribution in [1.82, 2.24) is 4.98 Å². The second-order valence-corrected chi connectivity index (χ2v) is 6.80. The number of fused-ring (bicyclic) bond motifs is 1. The first-order valence-corrected chi connectivity index (χ1v) is 8.83. The highest BCUT2D eigenvalue weighted by Crippen LogP contribution is 2.35. The molecule has 0 amide bonds. The molecule has 1 aromatic heterocycles. The number of aromatic nitrogens is 1. The van der Waals surface area contributed by atoms with Crippen molar-refractivity contribution in [2.75, 3.05) is 24.6 Å². The molecular formula is C19H20ClN3O2. The molecule has 2 heterocycles. The van der Waals surface area contributed by atoms with Gasteiger partial charge in [0.05, 0.1) is 29.3 Å². The van der Waals surface area contributed by atoms with E-state index in [1.165, 1.54) is 0 Å². The Hall–Kier alpha value is -2.32. The molecule has 1 saturated heterocycles. The van der Waals surface area contributed by atoms with Gasteiger partial charge in [-0.2, -0.15) is 5.26 Å². The molecule has 0 unspecified atom stereocenters. The van der Waals surface area contributed by atoms with Gasteiger partial charge in [0.25, 0.3) is 0 Å². The van der Waals surface area contributed by atoms with Crippen molar-refractivity contribution in [3.63, 3.8) is 0 Å². The van der Waals surface area contributed by atoms with Crippen LogP contribution < -0.4 is 4.90 Å². The van der Waals surface area contributed by atoms with Crippen molar-refractivity contribution in [2.24, 2.45) is 11.8 Å². The van der Waals surface area contributed by atoms with Crippen LogP contribution in [-0.4, -0.2) is 30.6 Å². The third-order valence-corrected chi connectivity index (χ3v) is 4.97. The summed E-state index contributed by atoms with van der Waals surface area (Å²) in [6.45, 7) is 5.65. The number of nitriles is 1. The molecule has 5 nitrogen and oxygen atoms in total. The van der Waals surface area contributed by atoms with Crippen LogP contribution in [0.2, 0.25) is 5.02 Å². The van der Waals surface area contributed by atoms with Crippen molar-refractivity contribution in [1.29, 1.82) is 5.26 Å². The smallest absolute Gasteiger partial charge is 0.309 e. The second-order valence-electron chi connectivity index (χ2n) is 6.36. The minimum atomic E-state index is -0.127. The summed E-state index contributed by atoms with van der Waals surface area (Å²) in [4.78, 5) is 18.6. The zero-order valence-corrected chi connectivity index (χ0v) is 15.1. The fourth-order valence-corrected chi connectivity index (χ4v) is 3.69. The molecule has 2 atom stereocenters. The molecule has 0 aliphatic carbocycles. The third-order valence-electron chi connectivity index (χ3n) is 4.73. The molecule has 2 aromatic rings. The summed E-state index contributed by atoms with van der Waals surface area (Å²) in [6, 6.07) is 7.74. The van der Waals surface area contributed by atoms with Crippen molar-refractivity contribution in [3.05, 3.63) is 35.0 Å². The lowest BCUT2D eigenvalue weighted by Gasteiger charge is -2.37. The van der Waals surface area contributed by atoms with Gasteiger partial charge in [-0.05, 0) is 37.5 Å². The largest absolute Gasteiger partial charge is 0.466 e. The van der Waals surface area contributed by atoms with E-state index in [-0.39, 0.29) is 17.8 Å². The summed E-state index contributed by atoms with van der Waals surface area (Å²) < 4.78 is 5.19. The Morgan fingerprint density at radius 1 is 1.52 bits per heavy atom. The Kier molecular flexibility index (Phi) is 5.10. The van der Waals surface area contributed by atoms with E-state index in [9.17, 15) is 10.1 Å². The SMILES string of the molecule is CCOC(=O)[C@H]1CCN(c2c(C#N)cnc3ccc(Cl)cc23)C[C@H]1C. The third kappa shape index (κ3) is 3.40. The van der Waals surface area contributed by atoms with Gasteiger partial charge in [0.15, 0.2) is 0 Å². The number of rotatable bonds is 3. The number of pyridine rings is 1. The van der Waals surface area contributed by atoms with E-state index in [1.807, 2.05) is 19.1 Å². The van der Waals surface area contributed by atoms with Crippen molar-refractivity contribution in [2.45, 2.75) is 20.3 Å². The summed E-state index contributed by atoms with van der Waals surface area (Å²) in [5, 5.41) is 11.0. The quantitative estimate of drug-likeness (QED) is 0.782. The van der Waals surface area contributed by atoms with E-state index in [0.717, 1.165) is 16.6 Å². The number of piperidine rings is 1. The van der Waals surface area contributed by atoms with E-state index in [1.54, 1.807) is 12.3 Å². The van der Waals surface area contributed by atoms with Crippen LogP contribution in [0.15, 0.2) is 24.4 Å². The lowest BCUT2D eigenvalue weighted by molar-refractivity contribution is -0.150. The molecule has 1 aliphatic rings. The first-order valence-electron chi connectivity index (χ1n) is 8.45. The molecule has 130 valence electrons. The zero-order chi connectivity index (χ0) is 18.0. The number of ether oxygens (including phenoxy) is 1. The van der Waals surface area contributed by atoms with Gasteiger partial charge in [0.1, 0.15) is 6.07 Å². The molecule has 0 N–H and O–H groups in total. The maximum absolute atomic E-state index is 12.1. The van der Waals surface area contributed by atoms with Crippen molar-refractivity contribution < 1.29 is 9.53 Å². The normalized spacial score (nSPS) is 20.3. The maximum Gasteiger partial charge on any atom is 0.309 e. The van der Waals surface area contributed by atoms with E-state index >= 15 is 0 Å². The highest BCUT2D eigenvalue weighted by Gasteiger charge is 2.33. The first-order chi connectivity index (χ1) is 12.0. The molecule has 1 fully saturated rings. The first kappa shape index (κ1) is 17.5. The molecule has 25 heavy (non-hydrogen) atoms. The van der Waals surface area contributed by atoms with Crippen LogP contribution in [0.1, 0.15) is 25.8 Å². The lowest BCUT2D eigenvalue weighted by atomic mass is 9.86. The Labute approximate surface area is 152 Å². The van der Waals surface area contributed by atoms with Crippen LogP contribution in [0.25, 0.3) is 10.9 Å². The molecule has 0 bridgehead atoms.